The maximum absolute atomic E-state index is 11.9. The molecular formula is C15H22F3NO2. The molecular weight excluding hydrogens is 283 g/mol. The van der Waals surface area contributed by atoms with Gasteiger partial charge in [0.1, 0.15) is 12.4 Å². The molecule has 0 fully saturated rings. The quantitative estimate of drug-likeness (QED) is 0.706. The van der Waals surface area contributed by atoms with Crippen LogP contribution < -0.4 is 10.1 Å². The van der Waals surface area contributed by atoms with Crippen LogP contribution in [0.15, 0.2) is 24.3 Å². The minimum atomic E-state index is -4.26. The van der Waals surface area contributed by atoms with Crippen molar-refractivity contribution in [1.82, 2.24) is 5.32 Å². The molecule has 1 unspecified atom stereocenters. The molecule has 0 aliphatic rings. The number of hydrogen-bond donors (Lipinski definition) is 1. The summed E-state index contributed by atoms with van der Waals surface area (Å²) in [5, 5.41) is 3.11. The fourth-order valence-electron chi connectivity index (χ4n) is 1.73. The molecule has 21 heavy (non-hydrogen) atoms. The molecule has 0 amide bonds. The number of hydrogen-bond acceptors (Lipinski definition) is 3. The third-order valence-corrected chi connectivity index (χ3v) is 2.82. The first-order chi connectivity index (χ1) is 9.92. The molecule has 120 valence electrons. The lowest BCUT2D eigenvalue weighted by Crippen LogP contribution is -2.25. The van der Waals surface area contributed by atoms with Gasteiger partial charge in [-0.1, -0.05) is 19.1 Å². The summed E-state index contributed by atoms with van der Waals surface area (Å²) in [6.07, 6.45) is -3.31. The first-order valence-electron chi connectivity index (χ1n) is 7.03. The van der Waals surface area contributed by atoms with Crippen molar-refractivity contribution < 1.29 is 22.6 Å². The van der Waals surface area contributed by atoms with Gasteiger partial charge in [0, 0.05) is 12.6 Å². The van der Waals surface area contributed by atoms with Gasteiger partial charge < -0.3 is 14.8 Å². The van der Waals surface area contributed by atoms with Gasteiger partial charge in [-0.2, -0.15) is 13.2 Å². The number of ether oxygens (including phenoxy) is 2. The predicted molar refractivity (Wildman–Crippen MR) is 75.5 cm³/mol. The summed E-state index contributed by atoms with van der Waals surface area (Å²) >= 11 is 0. The first-order valence-corrected chi connectivity index (χ1v) is 7.03. The number of benzene rings is 1. The van der Waals surface area contributed by atoms with Crippen LogP contribution in [-0.4, -0.2) is 32.5 Å². The van der Waals surface area contributed by atoms with E-state index in [1.54, 1.807) is 0 Å². The van der Waals surface area contributed by atoms with E-state index in [-0.39, 0.29) is 12.6 Å². The summed E-state index contributed by atoms with van der Waals surface area (Å²) in [6.45, 7) is 3.87. The van der Waals surface area contributed by atoms with E-state index in [1.807, 2.05) is 38.1 Å². The largest absolute Gasteiger partial charge is 0.494 e. The van der Waals surface area contributed by atoms with Crippen molar-refractivity contribution in [2.45, 2.75) is 32.5 Å². The van der Waals surface area contributed by atoms with E-state index < -0.39 is 12.8 Å². The molecule has 1 rings (SSSR count). The highest BCUT2D eigenvalue weighted by molar-refractivity contribution is 5.28. The fourth-order valence-corrected chi connectivity index (χ4v) is 1.73. The van der Waals surface area contributed by atoms with Gasteiger partial charge in [0.25, 0.3) is 0 Å². The monoisotopic (exact) mass is 305 g/mol. The zero-order chi connectivity index (χ0) is 15.7. The van der Waals surface area contributed by atoms with Gasteiger partial charge in [-0.25, -0.2) is 0 Å². The molecule has 0 spiro atoms. The Morgan fingerprint density at radius 2 is 1.81 bits per heavy atom. The maximum Gasteiger partial charge on any atom is 0.411 e. The summed E-state index contributed by atoms with van der Waals surface area (Å²) < 4.78 is 45.7. The van der Waals surface area contributed by atoms with Crippen molar-refractivity contribution in [2.75, 3.05) is 26.4 Å². The summed E-state index contributed by atoms with van der Waals surface area (Å²) in [4.78, 5) is 0. The van der Waals surface area contributed by atoms with Crippen LogP contribution in [0.4, 0.5) is 13.2 Å². The summed E-state index contributed by atoms with van der Waals surface area (Å²) in [5.41, 5.74) is 1.05. The van der Waals surface area contributed by atoms with Crippen molar-refractivity contribution >= 4 is 0 Å². The Balaban J connectivity index is 2.27. The van der Waals surface area contributed by atoms with Crippen molar-refractivity contribution in [2.24, 2.45) is 0 Å². The number of nitrogens with one attached hydrogen (secondary N) is 1. The average Bonchev–Trinajstić information content (AvgIpc) is 2.44. The minimum absolute atomic E-state index is 0.0293. The summed E-state index contributed by atoms with van der Waals surface area (Å²) in [7, 11) is 0. The lowest BCUT2D eigenvalue weighted by atomic mass is 10.1. The molecule has 6 heteroatoms. The lowest BCUT2D eigenvalue weighted by Gasteiger charge is -2.15. The van der Waals surface area contributed by atoms with Crippen LogP contribution in [0.3, 0.4) is 0 Å². The van der Waals surface area contributed by atoms with E-state index >= 15 is 0 Å². The molecule has 0 radical (unpaired) electrons. The topological polar surface area (TPSA) is 30.5 Å². The number of alkyl halides is 3. The van der Waals surface area contributed by atoms with E-state index in [0.29, 0.717) is 13.2 Å². The van der Waals surface area contributed by atoms with Gasteiger partial charge in [-0.05, 0) is 31.0 Å². The third-order valence-electron chi connectivity index (χ3n) is 2.82. The molecule has 3 nitrogen and oxygen atoms in total. The SMILES string of the molecule is CCCOc1ccc(C(C)NCCOCC(F)(F)F)cc1. The first kappa shape index (κ1) is 17.8. The van der Waals surface area contributed by atoms with Crippen LogP contribution >= 0.6 is 0 Å². The van der Waals surface area contributed by atoms with Gasteiger partial charge in [0.2, 0.25) is 0 Å². The normalized spacial score (nSPS) is 13.2. The second kappa shape index (κ2) is 8.89. The predicted octanol–water partition coefficient (Wildman–Crippen LogP) is 3.70. The highest BCUT2D eigenvalue weighted by Gasteiger charge is 2.27. The third kappa shape index (κ3) is 7.92. The van der Waals surface area contributed by atoms with E-state index in [1.165, 1.54) is 0 Å². The molecule has 1 aromatic rings. The van der Waals surface area contributed by atoms with Crippen molar-refractivity contribution in [3.63, 3.8) is 0 Å². The zero-order valence-electron chi connectivity index (χ0n) is 12.4. The second-order valence-electron chi connectivity index (χ2n) is 4.76. The van der Waals surface area contributed by atoms with Gasteiger partial charge >= 0.3 is 6.18 Å². The second-order valence-corrected chi connectivity index (χ2v) is 4.76. The Morgan fingerprint density at radius 3 is 2.38 bits per heavy atom. The molecule has 0 saturated heterocycles. The standard InChI is InChI=1S/C15H22F3NO2/c1-3-9-21-14-6-4-13(5-7-14)12(2)19-8-10-20-11-15(16,17)18/h4-7,12,19H,3,8-11H2,1-2H3. The number of halogens is 3. The van der Waals surface area contributed by atoms with Crippen LogP contribution in [0.2, 0.25) is 0 Å². The van der Waals surface area contributed by atoms with E-state index in [2.05, 4.69) is 10.1 Å². The average molecular weight is 305 g/mol. The molecule has 1 atom stereocenters. The lowest BCUT2D eigenvalue weighted by molar-refractivity contribution is -0.173. The Morgan fingerprint density at radius 1 is 1.14 bits per heavy atom. The van der Waals surface area contributed by atoms with Crippen LogP contribution in [-0.2, 0) is 4.74 Å². The van der Waals surface area contributed by atoms with Crippen LogP contribution in [0.25, 0.3) is 0 Å². The van der Waals surface area contributed by atoms with Crippen molar-refractivity contribution in [3.8, 4) is 5.75 Å². The fraction of sp³-hybridized carbons (Fsp3) is 0.600. The number of rotatable bonds is 9. The Labute approximate surface area is 123 Å². The maximum atomic E-state index is 11.9. The van der Waals surface area contributed by atoms with E-state index in [4.69, 9.17) is 4.74 Å². The van der Waals surface area contributed by atoms with Crippen molar-refractivity contribution in [1.29, 1.82) is 0 Å². The van der Waals surface area contributed by atoms with Gasteiger partial charge in [0.15, 0.2) is 0 Å². The summed E-state index contributed by atoms with van der Waals surface area (Å²) in [6, 6.07) is 7.71. The molecule has 1 aromatic carbocycles. The Hall–Kier alpha value is -1.27. The molecule has 0 bridgehead atoms. The van der Waals surface area contributed by atoms with Gasteiger partial charge in [-0.3, -0.25) is 0 Å². The van der Waals surface area contributed by atoms with E-state index in [0.717, 1.165) is 17.7 Å². The molecule has 0 aliphatic carbocycles. The van der Waals surface area contributed by atoms with Crippen LogP contribution in [0.5, 0.6) is 5.75 Å². The van der Waals surface area contributed by atoms with Gasteiger partial charge in [0.05, 0.1) is 13.2 Å². The Bertz CT molecular complexity index is 393. The molecule has 0 aliphatic heterocycles. The van der Waals surface area contributed by atoms with Crippen molar-refractivity contribution in [3.05, 3.63) is 29.8 Å². The highest BCUT2D eigenvalue weighted by Crippen LogP contribution is 2.18. The minimum Gasteiger partial charge on any atom is -0.494 e. The molecule has 0 heterocycles. The van der Waals surface area contributed by atoms with E-state index in [9.17, 15) is 13.2 Å². The molecule has 1 N–H and O–H groups in total. The highest BCUT2D eigenvalue weighted by atomic mass is 19.4. The van der Waals surface area contributed by atoms with Gasteiger partial charge in [-0.15, -0.1) is 0 Å². The van der Waals surface area contributed by atoms with Crippen LogP contribution in [0.1, 0.15) is 31.9 Å². The molecule has 0 aromatic heterocycles. The molecule has 0 saturated carbocycles. The zero-order valence-corrected chi connectivity index (χ0v) is 12.4. The smallest absolute Gasteiger partial charge is 0.411 e. The van der Waals surface area contributed by atoms with Crippen LogP contribution in [0, 0.1) is 0 Å². The summed E-state index contributed by atoms with van der Waals surface area (Å²) in [5.74, 6) is 0.821. The Kier molecular flexibility index (Phi) is 7.53.